The fourth-order valence-corrected chi connectivity index (χ4v) is 4.61. The van der Waals surface area contributed by atoms with Gasteiger partial charge in [-0.15, -0.1) is 0 Å². The van der Waals surface area contributed by atoms with Crippen molar-refractivity contribution in [2.45, 2.75) is 51.7 Å². The Balaban J connectivity index is 1.83. The molecule has 1 aliphatic rings. The van der Waals surface area contributed by atoms with Crippen molar-refractivity contribution in [1.82, 2.24) is 0 Å². The minimum atomic E-state index is -0.119. The van der Waals surface area contributed by atoms with E-state index in [0.29, 0.717) is 52.0 Å². The molecule has 1 saturated heterocycles. The standard InChI is InChI=1S/C24H27NO4/c1-15-7-6-8-16(2)25(15)13-19-21(26)12-11-18-23(27)20(14-29-24(18)19)17-9-4-5-10-22(17)28-3/h4-5,9-12,14-16,26H,6-8,13H2,1-3H3/p+1/t15-,16+. The lowest BCUT2D eigenvalue weighted by atomic mass is 9.96. The molecule has 0 bridgehead atoms. The van der Waals surface area contributed by atoms with Crippen molar-refractivity contribution in [1.29, 1.82) is 0 Å². The van der Waals surface area contributed by atoms with Gasteiger partial charge in [0.2, 0.25) is 5.43 Å². The normalized spacial score (nSPS) is 22.0. The van der Waals surface area contributed by atoms with Crippen LogP contribution in [0.25, 0.3) is 22.1 Å². The third-order valence-electron chi connectivity index (χ3n) is 6.34. The van der Waals surface area contributed by atoms with Crippen molar-refractivity contribution in [3.63, 3.8) is 0 Å². The molecule has 4 rings (SSSR count). The van der Waals surface area contributed by atoms with Gasteiger partial charge in [0.25, 0.3) is 0 Å². The van der Waals surface area contributed by atoms with E-state index in [1.54, 1.807) is 19.2 Å². The molecule has 1 aromatic heterocycles. The van der Waals surface area contributed by atoms with Crippen LogP contribution in [-0.2, 0) is 6.54 Å². The molecule has 2 heterocycles. The van der Waals surface area contributed by atoms with Crippen LogP contribution in [0.1, 0.15) is 38.7 Å². The van der Waals surface area contributed by atoms with E-state index in [-0.39, 0.29) is 11.2 Å². The van der Waals surface area contributed by atoms with E-state index in [1.165, 1.54) is 30.4 Å². The molecule has 3 aromatic rings. The number of para-hydroxylation sites is 1. The molecule has 1 fully saturated rings. The largest absolute Gasteiger partial charge is 0.507 e. The second-order valence-corrected chi connectivity index (χ2v) is 8.10. The smallest absolute Gasteiger partial charge is 0.200 e. The third-order valence-corrected chi connectivity index (χ3v) is 6.34. The van der Waals surface area contributed by atoms with Crippen molar-refractivity contribution in [3.05, 3.63) is 58.4 Å². The fraction of sp³-hybridized carbons (Fsp3) is 0.375. The summed E-state index contributed by atoms with van der Waals surface area (Å²) < 4.78 is 11.4. The molecule has 0 amide bonds. The first kappa shape index (κ1) is 19.5. The first-order chi connectivity index (χ1) is 14.0. The number of nitrogens with one attached hydrogen (secondary N) is 1. The molecule has 0 aliphatic carbocycles. The maximum Gasteiger partial charge on any atom is 0.200 e. The summed E-state index contributed by atoms with van der Waals surface area (Å²) in [6.45, 7) is 5.15. The van der Waals surface area contributed by atoms with Crippen LogP contribution < -0.4 is 15.1 Å². The molecular formula is C24H28NO4+. The SMILES string of the molecule is COc1ccccc1-c1coc2c(C[NH+]3[C@H](C)CCC[C@@H]3C)c(O)ccc2c1=O. The number of ether oxygens (including phenoxy) is 1. The van der Waals surface area contributed by atoms with Crippen LogP contribution in [-0.4, -0.2) is 24.3 Å². The third kappa shape index (κ3) is 3.51. The highest BCUT2D eigenvalue weighted by atomic mass is 16.5. The average molecular weight is 394 g/mol. The highest BCUT2D eigenvalue weighted by Crippen LogP contribution is 2.31. The summed E-state index contributed by atoms with van der Waals surface area (Å²) >= 11 is 0. The quantitative estimate of drug-likeness (QED) is 0.711. The van der Waals surface area contributed by atoms with Crippen LogP contribution in [0.5, 0.6) is 11.5 Å². The van der Waals surface area contributed by atoms with Gasteiger partial charge in [0, 0.05) is 5.56 Å². The number of methoxy groups -OCH3 is 1. The minimum Gasteiger partial charge on any atom is -0.507 e. The molecule has 5 nitrogen and oxygen atoms in total. The van der Waals surface area contributed by atoms with E-state index >= 15 is 0 Å². The Labute approximate surface area is 170 Å². The molecule has 1 aliphatic heterocycles. The van der Waals surface area contributed by atoms with Crippen molar-refractivity contribution in [2.24, 2.45) is 0 Å². The number of rotatable bonds is 4. The van der Waals surface area contributed by atoms with Gasteiger partial charge in [-0.05, 0) is 51.3 Å². The number of aromatic hydroxyl groups is 1. The zero-order valence-corrected chi connectivity index (χ0v) is 17.2. The summed E-state index contributed by atoms with van der Waals surface area (Å²) in [4.78, 5) is 14.7. The molecule has 0 radical (unpaired) electrons. The van der Waals surface area contributed by atoms with E-state index in [0.717, 1.165) is 0 Å². The summed E-state index contributed by atoms with van der Waals surface area (Å²) in [6, 6.07) is 11.7. The zero-order valence-electron chi connectivity index (χ0n) is 17.2. The Morgan fingerprint density at radius 2 is 1.83 bits per heavy atom. The van der Waals surface area contributed by atoms with Crippen LogP contribution in [0.2, 0.25) is 0 Å². The molecule has 0 saturated carbocycles. The summed E-state index contributed by atoms with van der Waals surface area (Å²) in [7, 11) is 1.58. The molecule has 5 heteroatoms. The fourth-order valence-electron chi connectivity index (χ4n) is 4.61. The Morgan fingerprint density at radius 1 is 1.10 bits per heavy atom. The van der Waals surface area contributed by atoms with Gasteiger partial charge in [-0.25, -0.2) is 0 Å². The molecule has 152 valence electrons. The van der Waals surface area contributed by atoms with Crippen LogP contribution in [0.3, 0.4) is 0 Å². The van der Waals surface area contributed by atoms with Gasteiger partial charge in [-0.3, -0.25) is 4.79 Å². The summed E-state index contributed by atoms with van der Waals surface area (Å²) in [5.41, 5.74) is 2.22. The molecule has 2 aromatic carbocycles. The van der Waals surface area contributed by atoms with E-state index in [4.69, 9.17) is 9.15 Å². The first-order valence-corrected chi connectivity index (χ1v) is 10.3. The maximum absolute atomic E-state index is 13.3. The van der Waals surface area contributed by atoms with Gasteiger partial charge in [0.15, 0.2) is 0 Å². The van der Waals surface area contributed by atoms with Gasteiger partial charge in [-0.2, -0.15) is 0 Å². The van der Waals surface area contributed by atoms with Crippen LogP contribution in [0.15, 0.2) is 51.9 Å². The number of likely N-dealkylation sites (tertiary alicyclic amines) is 1. The number of hydrogen-bond donors (Lipinski definition) is 2. The number of benzene rings is 2. The van der Waals surface area contributed by atoms with E-state index in [9.17, 15) is 9.90 Å². The highest BCUT2D eigenvalue weighted by molar-refractivity contribution is 5.86. The topological polar surface area (TPSA) is 64.1 Å². The Hall–Kier alpha value is -2.79. The number of quaternary nitrogens is 1. The summed E-state index contributed by atoms with van der Waals surface area (Å²) in [6.07, 6.45) is 5.08. The van der Waals surface area contributed by atoms with Crippen molar-refractivity contribution in [2.75, 3.05) is 7.11 Å². The molecule has 3 atom stereocenters. The van der Waals surface area contributed by atoms with Crippen LogP contribution in [0.4, 0.5) is 0 Å². The number of piperidine rings is 1. The minimum absolute atomic E-state index is 0.119. The van der Waals surface area contributed by atoms with Crippen LogP contribution in [0, 0.1) is 0 Å². The predicted molar refractivity (Wildman–Crippen MR) is 114 cm³/mol. The number of phenols is 1. The van der Waals surface area contributed by atoms with Crippen molar-refractivity contribution < 1.29 is 19.2 Å². The highest BCUT2D eigenvalue weighted by Gasteiger charge is 2.30. The van der Waals surface area contributed by atoms with Gasteiger partial charge < -0.3 is 19.2 Å². The van der Waals surface area contributed by atoms with Gasteiger partial charge in [0.05, 0.1) is 35.7 Å². The van der Waals surface area contributed by atoms with Gasteiger partial charge in [-0.1, -0.05) is 18.2 Å². The van der Waals surface area contributed by atoms with E-state index < -0.39 is 0 Å². The molecule has 2 N–H and O–H groups in total. The monoisotopic (exact) mass is 394 g/mol. The van der Waals surface area contributed by atoms with Crippen molar-refractivity contribution >= 4 is 11.0 Å². The summed E-state index contributed by atoms with van der Waals surface area (Å²) in [5, 5.41) is 11.1. The number of hydrogen-bond acceptors (Lipinski definition) is 4. The summed E-state index contributed by atoms with van der Waals surface area (Å²) in [5.74, 6) is 0.807. The lowest BCUT2D eigenvalue weighted by Crippen LogP contribution is -3.18. The Kier molecular flexibility index (Phi) is 5.33. The lowest BCUT2D eigenvalue weighted by molar-refractivity contribution is -0.964. The molecule has 1 unspecified atom stereocenters. The lowest BCUT2D eigenvalue weighted by Gasteiger charge is -2.36. The molecule has 29 heavy (non-hydrogen) atoms. The molecular weight excluding hydrogens is 366 g/mol. The predicted octanol–water partition coefficient (Wildman–Crippen LogP) is 3.52. The van der Waals surface area contributed by atoms with Gasteiger partial charge in [0.1, 0.15) is 29.9 Å². The van der Waals surface area contributed by atoms with E-state index in [2.05, 4.69) is 13.8 Å². The Bertz CT molecular complexity index is 1080. The average Bonchev–Trinajstić information content (AvgIpc) is 2.72. The number of phenolic OH excluding ortho intramolecular Hbond substituents is 1. The van der Waals surface area contributed by atoms with Crippen LogP contribution >= 0.6 is 0 Å². The Morgan fingerprint density at radius 3 is 2.55 bits per heavy atom. The zero-order chi connectivity index (χ0) is 20.5. The second-order valence-electron chi connectivity index (χ2n) is 8.10. The first-order valence-electron chi connectivity index (χ1n) is 10.3. The van der Waals surface area contributed by atoms with Gasteiger partial charge >= 0.3 is 0 Å². The maximum atomic E-state index is 13.3. The van der Waals surface area contributed by atoms with E-state index in [1.807, 2.05) is 24.3 Å². The number of fused-ring (bicyclic) bond motifs is 1. The molecule has 0 spiro atoms. The second kappa shape index (κ2) is 7.91. The van der Waals surface area contributed by atoms with Crippen molar-refractivity contribution in [3.8, 4) is 22.6 Å².